The highest BCUT2D eigenvalue weighted by Gasteiger charge is 2.70. The molecule has 0 heteroatoms. The number of hydrogen-bond acceptors (Lipinski definition) is 0. The van der Waals surface area contributed by atoms with E-state index in [9.17, 15) is 0 Å². The highest BCUT2D eigenvalue weighted by molar-refractivity contribution is 5.19. The first kappa shape index (κ1) is 4.00. The summed E-state index contributed by atoms with van der Waals surface area (Å²) in [6.45, 7) is 0. The summed E-state index contributed by atoms with van der Waals surface area (Å²) in [5.41, 5.74) is 0. The maximum Gasteiger partial charge on any atom is -0.0349 e. The Kier molecular flexibility index (Phi) is 0.395. The van der Waals surface area contributed by atoms with Crippen molar-refractivity contribution in [2.45, 2.75) is 19.3 Å². The van der Waals surface area contributed by atoms with Crippen molar-refractivity contribution in [2.75, 3.05) is 0 Å². The second-order valence-corrected chi connectivity index (χ2v) is 4.69. The molecule has 4 rings (SSSR count). The van der Waals surface area contributed by atoms with Crippen molar-refractivity contribution in [2.24, 2.45) is 35.5 Å². The Morgan fingerprint density at radius 3 is 0.889 bits per heavy atom. The Bertz CT molecular complexity index is 148. The quantitative estimate of drug-likeness (QED) is 0.458. The lowest BCUT2D eigenvalue weighted by Crippen LogP contribution is -2.00. The summed E-state index contributed by atoms with van der Waals surface area (Å²) in [7, 11) is 0. The van der Waals surface area contributed by atoms with Crippen molar-refractivity contribution in [3.63, 3.8) is 0 Å². The summed E-state index contributed by atoms with van der Waals surface area (Å²) in [5.74, 6) is 7.56. The Hall–Kier alpha value is 0. The summed E-state index contributed by atoms with van der Waals surface area (Å²) in [4.78, 5) is 0. The lowest BCUT2D eigenvalue weighted by atomic mass is 10.0. The Morgan fingerprint density at radius 1 is 0.444 bits per heavy atom. The number of hydrogen-bond donors (Lipinski definition) is 0. The molecule has 4 fully saturated rings. The largest absolute Gasteiger partial charge is 0.0465 e. The lowest BCUT2D eigenvalue weighted by Gasteiger charge is -2.04. The molecule has 0 aliphatic heterocycles. The summed E-state index contributed by atoms with van der Waals surface area (Å²) >= 11 is 0. The van der Waals surface area contributed by atoms with E-state index in [0.717, 1.165) is 0 Å². The van der Waals surface area contributed by atoms with Gasteiger partial charge in [0.05, 0.1) is 0 Å². The summed E-state index contributed by atoms with van der Waals surface area (Å²) in [5, 5.41) is 0. The summed E-state index contributed by atoms with van der Waals surface area (Å²) < 4.78 is 0. The van der Waals surface area contributed by atoms with Crippen LogP contribution in [0.3, 0.4) is 0 Å². The highest BCUT2D eigenvalue weighted by atomic mass is 14.7. The van der Waals surface area contributed by atoms with Gasteiger partial charge in [0.2, 0.25) is 0 Å². The molecule has 0 saturated heterocycles. The second kappa shape index (κ2) is 0.889. The molecule has 0 aromatic rings. The fourth-order valence-electron chi connectivity index (χ4n) is 4.09. The molecular weight excluding hydrogens is 108 g/mol. The van der Waals surface area contributed by atoms with E-state index in [-0.39, 0.29) is 0 Å². The fraction of sp³-hybridized carbons (Fsp3) is 1.00. The van der Waals surface area contributed by atoms with Crippen LogP contribution < -0.4 is 0 Å². The predicted molar refractivity (Wildman–Crippen MR) is 34.8 cm³/mol. The van der Waals surface area contributed by atoms with Crippen LogP contribution in [0.1, 0.15) is 19.3 Å². The topological polar surface area (TPSA) is 0 Å². The molecule has 0 nitrogen and oxygen atoms in total. The van der Waals surface area contributed by atoms with Crippen molar-refractivity contribution in [3.05, 3.63) is 0 Å². The van der Waals surface area contributed by atoms with E-state index in [1.54, 1.807) is 19.3 Å². The maximum atomic E-state index is 1.66. The minimum Gasteiger partial charge on any atom is -0.0465 e. The van der Waals surface area contributed by atoms with E-state index in [1.807, 2.05) is 0 Å². The molecule has 0 atom stereocenters. The molecule has 0 N–H and O–H groups in total. The second-order valence-electron chi connectivity index (χ2n) is 4.69. The molecule has 48 valence electrons. The molecule has 0 spiro atoms. The van der Waals surface area contributed by atoms with E-state index in [1.165, 1.54) is 35.5 Å². The van der Waals surface area contributed by atoms with Crippen LogP contribution in [0.15, 0.2) is 0 Å². The minimum atomic E-state index is 1.25. The predicted octanol–water partition coefficient (Wildman–Crippen LogP) is 1.91. The lowest BCUT2D eigenvalue weighted by molar-refractivity contribution is 0.434. The molecule has 9 heavy (non-hydrogen) atoms. The Morgan fingerprint density at radius 2 is 0.667 bits per heavy atom. The zero-order chi connectivity index (χ0) is 5.59. The van der Waals surface area contributed by atoms with Gasteiger partial charge in [-0.05, 0) is 54.8 Å². The first-order valence-corrected chi connectivity index (χ1v) is 4.45. The SMILES string of the molecule is C1C2C1C1CC2C2CC21. The first-order valence-electron chi connectivity index (χ1n) is 4.45. The molecule has 4 aliphatic rings. The van der Waals surface area contributed by atoms with Crippen molar-refractivity contribution in [1.29, 1.82) is 0 Å². The molecule has 0 aromatic carbocycles. The Balaban J connectivity index is 1.91. The molecule has 4 saturated carbocycles. The van der Waals surface area contributed by atoms with Crippen LogP contribution in [-0.4, -0.2) is 0 Å². The minimum absolute atomic E-state index is 1.25. The average molecular weight is 120 g/mol. The summed E-state index contributed by atoms with van der Waals surface area (Å²) in [6.07, 6.45) is 4.94. The molecule has 0 aromatic heterocycles. The van der Waals surface area contributed by atoms with E-state index >= 15 is 0 Å². The maximum absolute atomic E-state index is 1.66. The molecule has 0 amide bonds. The average Bonchev–Trinajstić information content (AvgIpc) is 2.74. The standard InChI is InChI=1S/C9H12/c1-4-5(1)9-3-8(4)6-2-7(6)9/h4-9H,1-3H2. The van der Waals surface area contributed by atoms with E-state index < -0.39 is 0 Å². The van der Waals surface area contributed by atoms with Crippen LogP contribution in [0.5, 0.6) is 0 Å². The zero-order valence-corrected chi connectivity index (χ0v) is 5.59. The van der Waals surface area contributed by atoms with Crippen molar-refractivity contribution in [1.82, 2.24) is 0 Å². The van der Waals surface area contributed by atoms with Crippen LogP contribution in [0.2, 0.25) is 0 Å². The third-order valence-electron chi connectivity index (χ3n) is 4.53. The molecule has 0 heterocycles. The van der Waals surface area contributed by atoms with Gasteiger partial charge in [-0.2, -0.15) is 0 Å². The van der Waals surface area contributed by atoms with Gasteiger partial charge in [0.15, 0.2) is 0 Å². The normalized spacial score (nSPS) is 80.0. The van der Waals surface area contributed by atoms with E-state index in [4.69, 9.17) is 0 Å². The van der Waals surface area contributed by atoms with Crippen molar-refractivity contribution < 1.29 is 0 Å². The van der Waals surface area contributed by atoms with Crippen LogP contribution in [0.25, 0.3) is 0 Å². The molecular formula is C9H12. The molecule has 4 aliphatic carbocycles. The monoisotopic (exact) mass is 120 g/mol. The van der Waals surface area contributed by atoms with Gasteiger partial charge < -0.3 is 0 Å². The van der Waals surface area contributed by atoms with Crippen LogP contribution >= 0.6 is 0 Å². The zero-order valence-electron chi connectivity index (χ0n) is 5.59. The van der Waals surface area contributed by atoms with Crippen molar-refractivity contribution >= 4 is 0 Å². The number of rotatable bonds is 0. The third-order valence-corrected chi connectivity index (χ3v) is 4.53. The van der Waals surface area contributed by atoms with Gasteiger partial charge in [-0.1, -0.05) is 0 Å². The van der Waals surface area contributed by atoms with E-state index in [2.05, 4.69) is 0 Å². The third kappa shape index (κ3) is 0.281. The van der Waals surface area contributed by atoms with Gasteiger partial charge in [0.1, 0.15) is 0 Å². The van der Waals surface area contributed by atoms with Crippen LogP contribution in [0, 0.1) is 35.5 Å². The Labute approximate surface area is 55.6 Å². The van der Waals surface area contributed by atoms with Gasteiger partial charge in [-0.25, -0.2) is 0 Å². The summed E-state index contributed by atoms with van der Waals surface area (Å²) in [6, 6.07) is 0. The highest BCUT2D eigenvalue weighted by Crippen LogP contribution is 2.77. The van der Waals surface area contributed by atoms with E-state index in [0.29, 0.717) is 0 Å². The number of fused-ring (bicyclic) bond motifs is 8. The van der Waals surface area contributed by atoms with Gasteiger partial charge in [-0.3, -0.25) is 0 Å². The van der Waals surface area contributed by atoms with Gasteiger partial charge in [0.25, 0.3) is 0 Å². The smallest absolute Gasteiger partial charge is 0.0349 e. The van der Waals surface area contributed by atoms with Crippen LogP contribution in [-0.2, 0) is 0 Å². The molecule has 0 radical (unpaired) electrons. The fourth-order valence-corrected chi connectivity index (χ4v) is 4.09. The van der Waals surface area contributed by atoms with Gasteiger partial charge >= 0.3 is 0 Å². The molecule has 0 unspecified atom stereocenters. The molecule has 2 bridgehead atoms. The first-order chi connectivity index (χ1) is 4.45. The van der Waals surface area contributed by atoms with Crippen molar-refractivity contribution in [3.8, 4) is 0 Å². The van der Waals surface area contributed by atoms with Crippen LogP contribution in [0.4, 0.5) is 0 Å². The van der Waals surface area contributed by atoms with Gasteiger partial charge in [0, 0.05) is 0 Å². The van der Waals surface area contributed by atoms with Gasteiger partial charge in [-0.15, -0.1) is 0 Å².